The first-order chi connectivity index (χ1) is 9.65. The van der Waals surface area contributed by atoms with E-state index in [-0.39, 0.29) is 12.1 Å². The summed E-state index contributed by atoms with van der Waals surface area (Å²) in [7, 11) is 0. The maximum absolute atomic E-state index is 10.2. The molecule has 0 aliphatic heterocycles. The van der Waals surface area contributed by atoms with Gasteiger partial charge in [0.05, 0.1) is 12.1 Å². The summed E-state index contributed by atoms with van der Waals surface area (Å²) in [5, 5.41) is 13.7. The van der Waals surface area contributed by atoms with Crippen LogP contribution in [0, 0.1) is 13.8 Å². The third kappa shape index (κ3) is 2.49. The summed E-state index contributed by atoms with van der Waals surface area (Å²) in [5.41, 5.74) is 6.41. The van der Waals surface area contributed by atoms with Crippen LogP contribution in [0.15, 0.2) is 42.5 Å². The van der Waals surface area contributed by atoms with E-state index < -0.39 is 0 Å². The highest BCUT2D eigenvalue weighted by Crippen LogP contribution is 2.31. The molecule has 0 unspecified atom stereocenters. The number of fused-ring (bicyclic) bond motifs is 1. The topological polar surface area (TPSA) is 32.3 Å². The molecule has 2 nitrogen and oxygen atoms in total. The molecule has 0 saturated heterocycles. The van der Waals surface area contributed by atoms with Crippen LogP contribution >= 0.6 is 0 Å². The van der Waals surface area contributed by atoms with Crippen molar-refractivity contribution < 1.29 is 5.11 Å². The largest absolute Gasteiger partial charge is 0.391 e. The van der Waals surface area contributed by atoms with E-state index in [9.17, 15) is 5.11 Å². The van der Waals surface area contributed by atoms with Crippen molar-refractivity contribution in [1.82, 2.24) is 5.32 Å². The summed E-state index contributed by atoms with van der Waals surface area (Å²) < 4.78 is 0. The molecule has 0 heterocycles. The zero-order valence-corrected chi connectivity index (χ0v) is 12.1. The van der Waals surface area contributed by atoms with Crippen molar-refractivity contribution >= 4 is 0 Å². The normalized spacial score (nSPS) is 20.9. The molecule has 0 radical (unpaired) electrons. The molecule has 1 aliphatic carbocycles. The predicted molar refractivity (Wildman–Crippen MR) is 81.6 cm³/mol. The van der Waals surface area contributed by atoms with Crippen LogP contribution < -0.4 is 5.32 Å². The van der Waals surface area contributed by atoms with Crippen LogP contribution in [0.1, 0.15) is 33.9 Å². The van der Waals surface area contributed by atoms with E-state index in [0.717, 1.165) is 13.0 Å². The Morgan fingerprint density at radius 1 is 1.10 bits per heavy atom. The SMILES string of the molecule is Cc1ccc(CN[C@@H]2c3ccccc3C[C@@H]2O)cc1C. The van der Waals surface area contributed by atoms with Crippen molar-refractivity contribution in [2.24, 2.45) is 0 Å². The summed E-state index contributed by atoms with van der Waals surface area (Å²) in [5.74, 6) is 0. The van der Waals surface area contributed by atoms with Gasteiger partial charge in [0.2, 0.25) is 0 Å². The molecule has 2 N–H and O–H groups in total. The Balaban J connectivity index is 1.74. The van der Waals surface area contributed by atoms with Crippen LogP contribution in [0.2, 0.25) is 0 Å². The maximum Gasteiger partial charge on any atom is 0.0775 e. The summed E-state index contributed by atoms with van der Waals surface area (Å²) in [4.78, 5) is 0. The molecule has 0 bridgehead atoms. The van der Waals surface area contributed by atoms with Crippen molar-refractivity contribution in [2.45, 2.75) is 39.0 Å². The van der Waals surface area contributed by atoms with E-state index in [1.54, 1.807) is 0 Å². The first-order valence-corrected chi connectivity index (χ1v) is 7.20. The Morgan fingerprint density at radius 2 is 1.90 bits per heavy atom. The molecule has 20 heavy (non-hydrogen) atoms. The van der Waals surface area contributed by atoms with Crippen LogP contribution in [0.3, 0.4) is 0 Å². The van der Waals surface area contributed by atoms with Gasteiger partial charge in [-0.3, -0.25) is 0 Å². The second-order valence-electron chi connectivity index (χ2n) is 5.75. The second-order valence-corrected chi connectivity index (χ2v) is 5.75. The molecule has 0 saturated carbocycles. The van der Waals surface area contributed by atoms with E-state index >= 15 is 0 Å². The number of benzene rings is 2. The second kappa shape index (κ2) is 5.39. The monoisotopic (exact) mass is 267 g/mol. The molecule has 2 aromatic carbocycles. The molecule has 0 fully saturated rings. The zero-order chi connectivity index (χ0) is 14.1. The van der Waals surface area contributed by atoms with Crippen LogP contribution in [-0.2, 0) is 13.0 Å². The lowest BCUT2D eigenvalue weighted by molar-refractivity contribution is 0.140. The van der Waals surface area contributed by atoms with E-state index in [1.807, 2.05) is 12.1 Å². The highest BCUT2D eigenvalue weighted by Gasteiger charge is 2.29. The van der Waals surface area contributed by atoms with Gasteiger partial charge in [0.15, 0.2) is 0 Å². The fourth-order valence-electron chi connectivity index (χ4n) is 2.96. The number of aliphatic hydroxyl groups is 1. The molecule has 104 valence electrons. The van der Waals surface area contributed by atoms with Gasteiger partial charge in [0, 0.05) is 13.0 Å². The average molecular weight is 267 g/mol. The van der Waals surface area contributed by atoms with Crippen LogP contribution in [-0.4, -0.2) is 11.2 Å². The standard InChI is InChI=1S/C18H21NO/c1-12-7-8-14(9-13(12)2)11-19-18-16-6-4-3-5-15(16)10-17(18)20/h3-9,17-20H,10-11H2,1-2H3/t17-,18+/m0/s1. The van der Waals surface area contributed by atoms with Crippen molar-refractivity contribution in [3.63, 3.8) is 0 Å². The quantitative estimate of drug-likeness (QED) is 0.896. The molecule has 2 atom stereocenters. The van der Waals surface area contributed by atoms with Gasteiger partial charge < -0.3 is 10.4 Å². The molecular weight excluding hydrogens is 246 g/mol. The molecular formula is C18H21NO. The minimum absolute atomic E-state index is 0.0489. The van der Waals surface area contributed by atoms with E-state index in [4.69, 9.17) is 0 Å². The summed E-state index contributed by atoms with van der Waals surface area (Å²) in [6, 6.07) is 14.9. The summed E-state index contributed by atoms with van der Waals surface area (Å²) in [6.45, 7) is 5.05. The van der Waals surface area contributed by atoms with Gasteiger partial charge in [-0.2, -0.15) is 0 Å². The fraction of sp³-hybridized carbons (Fsp3) is 0.333. The summed E-state index contributed by atoms with van der Waals surface area (Å²) in [6.07, 6.45) is 0.430. The van der Waals surface area contributed by atoms with Crippen molar-refractivity contribution in [3.05, 3.63) is 70.3 Å². The summed E-state index contributed by atoms with van der Waals surface area (Å²) >= 11 is 0. The number of hydrogen-bond donors (Lipinski definition) is 2. The zero-order valence-electron chi connectivity index (χ0n) is 12.1. The molecule has 0 spiro atoms. The fourth-order valence-corrected chi connectivity index (χ4v) is 2.96. The van der Waals surface area contributed by atoms with Gasteiger partial charge in [0.25, 0.3) is 0 Å². The first-order valence-electron chi connectivity index (χ1n) is 7.20. The first kappa shape index (κ1) is 13.3. The molecule has 2 heteroatoms. The molecule has 3 rings (SSSR count). The lowest BCUT2D eigenvalue weighted by atomic mass is 10.0. The molecule has 2 aromatic rings. The van der Waals surface area contributed by atoms with E-state index in [2.05, 4.69) is 49.5 Å². The minimum Gasteiger partial charge on any atom is -0.391 e. The predicted octanol–water partition coefficient (Wildman–Crippen LogP) is 3.05. The number of nitrogens with one attached hydrogen (secondary N) is 1. The van der Waals surface area contributed by atoms with E-state index in [1.165, 1.54) is 27.8 Å². The Bertz CT molecular complexity index is 621. The van der Waals surface area contributed by atoms with Crippen molar-refractivity contribution in [2.75, 3.05) is 0 Å². The number of aliphatic hydroxyl groups excluding tert-OH is 1. The van der Waals surface area contributed by atoms with Gasteiger partial charge in [-0.05, 0) is 41.7 Å². The van der Waals surface area contributed by atoms with Gasteiger partial charge >= 0.3 is 0 Å². The average Bonchev–Trinajstić information content (AvgIpc) is 2.76. The highest BCUT2D eigenvalue weighted by atomic mass is 16.3. The van der Waals surface area contributed by atoms with Gasteiger partial charge in [-0.15, -0.1) is 0 Å². The van der Waals surface area contributed by atoms with Crippen LogP contribution in [0.4, 0.5) is 0 Å². The van der Waals surface area contributed by atoms with Crippen molar-refractivity contribution in [1.29, 1.82) is 0 Å². The Kier molecular flexibility index (Phi) is 3.60. The molecule has 0 amide bonds. The Labute approximate surface area is 120 Å². The Morgan fingerprint density at radius 3 is 2.70 bits per heavy atom. The maximum atomic E-state index is 10.2. The molecule has 1 aliphatic rings. The lowest BCUT2D eigenvalue weighted by Crippen LogP contribution is -2.28. The van der Waals surface area contributed by atoms with Gasteiger partial charge in [0.1, 0.15) is 0 Å². The highest BCUT2D eigenvalue weighted by molar-refractivity contribution is 5.36. The lowest BCUT2D eigenvalue weighted by Gasteiger charge is -2.18. The minimum atomic E-state index is -0.320. The van der Waals surface area contributed by atoms with Gasteiger partial charge in [-0.25, -0.2) is 0 Å². The van der Waals surface area contributed by atoms with Crippen molar-refractivity contribution in [3.8, 4) is 0 Å². The molecule has 0 aromatic heterocycles. The Hall–Kier alpha value is -1.64. The van der Waals surface area contributed by atoms with Crippen LogP contribution in [0.5, 0.6) is 0 Å². The number of rotatable bonds is 3. The van der Waals surface area contributed by atoms with E-state index in [0.29, 0.717) is 0 Å². The number of aryl methyl sites for hydroxylation is 2. The number of hydrogen-bond acceptors (Lipinski definition) is 2. The van der Waals surface area contributed by atoms with Gasteiger partial charge in [-0.1, -0.05) is 42.5 Å². The smallest absolute Gasteiger partial charge is 0.0775 e. The third-order valence-electron chi connectivity index (χ3n) is 4.30. The third-order valence-corrected chi connectivity index (χ3v) is 4.30. The van der Waals surface area contributed by atoms with Crippen LogP contribution in [0.25, 0.3) is 0 Å².